The van der Waals surface area contributed by atoms with Crippen molar-refractivity contribution in [3.05, 3.63) is 35.4 Å². The summed E-state index contributed by atoms with van der Waals surface area (Å²) >= 11 is 0. The lowest BCUT2D eigenvalue weighted by Crippen LogP contribution is -2.39. The van der Waals surface area contributed by atoms with E-state index in [1.807, 2.05) is 6.92 Å². The molecule has 1 aromatic rings. The van der Waals surface area contributed by atoms with E-state index in [1.165, 1.54) is 11.1 Å². The lowest BCUT2D eigenvalue weighted by Gasteiger charge is -2.27. The molecular weight excluding hydrogens is 318 g/mol. The number of esters is 1. The molecule has 0 radical (unpaired) electrons. The predicted molar refractivity (Wildman–Crippen MR) is 97.3 cm³/mol. The second-order valence-electron chi connectivity index (χ2n) is 6.90. The first-order valence-corrected chi connectivity index (χ1v) is 9.30. The van der Waals surface area contributed by atoms with Gasteiger partial charge in [0.15, 0.2) is 0 Å². The van der Waals surface area contributed by atoms with Gasteiger partial charge in [0, 0.05) is 32.7 Å². The quantitative estimate of drug-likeness (QED) is 0.658. The molecule has 0 aromatic heterocycles. The number of carbonyl (C=O) groups is 1. The van der Waals surface area contributed by atoms with Gasteiger partial charge in [-0.05, 0) is 31.7 Å². The van der Waals surface area contributed by atoms with E-state index in [9.17, 15) is 9.90 Å². The Balaban J connectivity index is 1.89. The molecule has 1 heterocycles. The molecule has 1 fully saturated rings. The Hall–Kier alpha value is -1.43. The second kappa shape index (κ2) is 10.5. The van der Waals surface area contributed by atoms with Gasteiger partial charge in [-0.3, -0.25) is 9.69 Å². The Bertz CT molecular complexity index is 528. The van der Waals surface area contributed by atoms with E-state index in [0.717, 1.165) is 39.0 Å². The van der Waals surface area contributed by atoms with E-state index in [2.05, 4.69) is 36.1 Å². The molecule has 0 spiro atoms. The van der Waals surface area contributed by atoms with Gasteiger partial charge in [-0.1, -0.05) is 36.8 Å². The number of nitrogens with zero attached hydrogens (tertiary/aromatic N) is 1. The molecule has 140 valence electrons. The number of benzene rings is 1. The number of aliphatic hydroxyl groups excluding tert-OH is 1. The first-order chi connectivity index (χ1) is 12.1. The van der Waals surface area contributed by atoms with Crippen molar-refractivity contribution in [2.24, 2.45) is 0 Å². The molecule has 2 unspecified atom stereocenters. The van der Waals surface area contributed by atoms with Crippen LogP contribution < -0.4 is 0 Å². The molecule has 5 heteroatoms. The highest BCUT2D eigenvalue weighted by Gasteiger charge is 2.21. The number of aliphatic hydroxyl groups is 1. The van der Waals surface area contributed by atoms with Crippen molar-refractivity contribution in [1.29, 1.82) is 0 Å². The van der Waals surface area contributed by atoms with Crippen LogP contribution in [-0.4, -0.2) is 54.5 Å². The third-order valence-corrected chi connectivity index (χ3v) is 4.33. The summed E-state index contributed by atoms with van der Waals surface area (Å²) < 4.78 is 10.9. The van der Waals surface area contributed by atoms with Crippen molar-refractivity contribution in [2.45, 2.75) is 58.3 Å². The molecule has 0 bridgehead atoms. The second-order valence-corrected chi connectivity index (χ2v) is 6.90. The van der Waals surface area contributed by atoms with Crippen molar-refractivity contribution in [3.63, 3.8) is 0 Å². The van der Waals surface area contributed by atoms with Gasteiger partial charge in [0.25, 0.3) is 0 Å². The number of hydrogen-bond acceptors (Lipinski definition) is 5. The average molecular weight is 349 g/mol. The predicted octanol–water partition coefficient (Wildman–Crippen LogP) is 2.68. The molecule has 2 rings (SSSR count). The highest BCUT2D eigenvalue weighted by Crippen LogP contribution is 2.16. The number of ether oxygens (including phenoxy) is 2. The SMILES string of the molecule is CCCC(=O)OCC(O)CN(Cc1cccc(C)c1)CC1CCCO1. The van der Waals surface area contributed by atoms with Crippen molar-refractivity contribution in [3.8, 4) is 0 Å². The number of carbonyl (C=O) groups excluding carboxylic acids is 1. The summed E-state index contributed by atoms with van der Waals surface area (Å²) in [6.45, 7) is 6.89. The van der Waals surface area contributed by atoms with Crippen LogP contribution in [0.1, 0.15) is 43.7 Å². The molecule has 0 saturated carbocycles. The minimum Gasteiger partial charge on any atom is -0.463 e. The number of rotatable bonds is 10. The summed E-state index contributed by atoms with van der Waals surface area (Å²) in [5.41, 5.74) is 2.44. The molecule has 5 nitrogen and oxygen atoms in total. The summed E-state index contributed by atoms with van der Waals surface area (Å²) in [5.74, 6) is -0.245. The third-order valence-electron chi connectivity index (χ3n) is 4.33. The van der Waals surface area contributed by atoms with Crippen molar-refractivity contribution < 1.29 is 19.4 Å². The summed E-state index contributed by atoms with van der Waals surface area (Å²) in [6.07, 6.45) is 2.85. The molecule has 1 saturated heterocycles. The maximum atomic E-state index is 11.5. The van der Waals surface area contributed by atoms with Gasteiger partial charge in [-0.15, -0.1) is 0 Å². The third kappa shape index (κ3) is 7.55. The van der Waals surface area contributed by atoms with E-state index in [4.69, 9.17) is 9.47 Å². The fourth-order valence-corrected chi connectivity index (χ4v) is 3.16. The molecule has 25 heavy (non-hydrogen) atoms. The smallest absolute Gasteiger partial charge is 0.305 e. The summed E-state index contributed by atoms with van der Waals surface area (Å²) in [5, 5.41) is 10.3. The molecule has 0 aliphatic carbocycles. The molecule has 1 aliphatic heterocycles. The van der Waals surface area contributed by atoms with E-state index in [0.29, 0.717) is 13.0 Å². The Morgan fingerprint density at radius 1 is 1.48 bits per heavy atom. The van der Waals surface area contributed by atoms with E-state index in [1.54, 1.807) is 0 Å². The van der Waals surface area contributed by atoms with E-state index >= 15 is 0 Å². The Kier molecular flexibility index (Phi) is 8.38. The van der Waals surface area contributed by atoms with Crippen LogP contribution in [0.4, 0.5) is 0 Å². The molecule has 2 atom stereocenters. The van der Waals surface area contributed by atoms with Gasteiger partial charge in [-0.25, -0.2) is 0 Å². The van der Waals surface area contributed by atoms with Gasteiger partial charge in [0.05, 0.1) is 6.10 Å². The van der Waals surface area contributed by atoms with Crippen LogP contribution in [0.25, 0.3) is 0 Å². The lowest BCUT2D eigenvalue weighted by molar-refractivity contribution is -0.147. The van der Waals surface area contributed by atoms with Gasteiger partial charge in [0.2, 0.25) is 0 Å². The maximum absolute atomic E-state index is 11.5. The normalized spacial score (nSPS) is 18.5. The molecule has 1 aliphatic rings. The van der Waals surface area contributed by atoms with Crippen LogP contribution in [0.5, 0.6) is 0 Å². The van der Waals surface area contributed by atoms with Crippen molar-refractivity contribution in [1.82, 2.24) is 4.90 Å². The number of aryl methyl sites for hydroxylation is 1. The zero-order chi connectivity index (χ0) is 18.1. The van der Waals surface area contributed by atoms with E-state index in [-0.39, 0.29) is 18.7 Å². The van der Waals surface area contributed by atoms with Gasteiger partial charge in [0.1, 0.15) is 12.7 Å². The maximum Gasteiger partial charge on any atom is 0.305 e. The van der Waals surface area contributed by atoms with Crippen LogP contribution in [0.15, 0.2) is 24.3 Å². The van der Waals surface area contributed by atoms with Crippen LogP contribution in [0.2, 0.25) is 0 Å². The van der Waals surface area contributed by atoms with Crippen LogP contribution in [0, 0.1) is 6.92 Å². The van der Waals surface area contributed by atoms with Gasteiger partial charge in [-0.2, -0.15) is 0 Å². The topological polar surface area (TPSA) is 59.0 Å². The Morgan fingerprint density at radius 3 is 3.00 bits per heavy atom. The Morgan fingerprint density at radius 2 is 2.32 bits per heavy atom. The van der Waals surface area contributed by atoms with Crippen LogP contribution in [0.3, 0.4) is 0 Å². The summed E-state index contributed by atoms with van der Waals surface area (Å²) in [4.78, 5) is 13.7. The molecule has 0 amide bonds. The lowest BCUT2D eigenvalue weighted by atomic mass is 10.1. The first-order valence-electron chi connectivity index (χ1n) is 9.30. The largest absolute Gasteiger partial charge is 0.463 e. The minimum atomic E-state index is -0.688. The zero-order valence-corrected chi connectivity index (χ0v) is 15.4. The zero-order valence-electron chi connectivity index (χ0n) is 15.4. The Labute approximate surface area is 150 Å². The monoisotopic (exact) mass is 349 g/mol. The molecular formula is C20H31NO4. The molecule has 1 N–H and O–H groups in total. The summed E-state index contributed by atoms with van der Waals surface area (Å²) in [7, 11) is 0. The highest BCUT2D eigenvalue weighted by molar-refractivity contribution is 5.69. The van der Waals surface area contributed by atoms with Gasteiger partial charge < -0.3 is 14.6 Å². The van der Waals surface area contributed by atoms with Crippen molar-refractivity contribution >= 4 is 5.97 Å². The van der Waals surface area contributed by atoms with Crippen LogP contribution >= 0.6 is 0 Å². The van der Waals surface area contributed by atoms with Crippen LogP contribution in [-0.2, 0) is 20.8 Å². The van der Waals surface area contributed by atoms with Crippen molar-refractivity contribution in [2.75, 3.05) is 26.3 Å². The first kappa shape index (κ1) is 19.9. The fourth-order valence-electron chi connectivity index (χ4n) is 3.16. The van der Waals surface area contributed by atoms with E-state index < -0.39 is 6.10 Å². The highest BCUT2D eigenvalue weighted by atomic mass is 16.5. The van der Waals surface area contributed by atoms with Gasteiger partial charge >= 0.3 is 5.97 Å². The molecule has 1 aromatic carbocycles. The average Bonchev–Trinajstić information content (AvgIpc) is 3.06. The summed E-state index contributed by atoms with van der Waals surface area (Å²) in [6, 6.07) is 8.40. The minimum absolute atomic E-state index is 0.0503. The standard InChI is InChI=1S/C20H31NO4/c1-3-6-20(23)25-15-18(22)13-21(14-19-9-5-10-24-19)12-17-8-4-7-16(2)11-17/h4,7-8,11,18-19,22H,3,5-6,9-10,12-15H2,1-2H3. The fraction of sp³-hybridized carbons (Fsp3) is 0.650. The number of hydrogen-bond donors (Lipinski definition) is 1.